The number of carbonyl (C=O) groups is 2. The molecular weight excluding hydrogens is 549 g/mol. The minimum atomic E-state index is -3.60. The van der Waals surface area contributed by atoms with E-state index >= 15 is 0 Å². The summed E-state index contributed by atoms with van der Waals surface area (Å²) in [7, 11) is -2.10. The van der Waals surface area contributed by atoms with Crippen LogP contribution in [0.3, 0.4) is 0 Å². The predicted octanol–water partition coefficient (Wildman–Crippen LogP) is 5.02. The van der Waals surface area contributed by atoms with Crippen LogP contribution in [0.25, 0.3) is 0 Å². The Morgan fingerprint density at radius 3 is 2.47 bits per heavy atom. The topological polar surface area (TPSA) is 96.0 Å². The molecule has 1 atom stereocenters. The Hall–Kier alpha value is -2.49. The number of halogens is 2. The average Bonchev–Trinajstić information content (AvgIpc) is 3.38. The SMILES string of the molecule is COc1cccc(N(CCCC(=O)N(Cc2ccc(Cl)cc2Cl)[C@H](C)C(=O)NC2CCCC2)S(C)(=O)=O)c1. The maximum absolute atomic E-state index is 13.5. The molecule has 0 unspecified atom stereocenters. The number of hydrogen-bond donors (Lipinski definition) is 1. The van der Waals surface area contributed by atoms with Crippen molar-refractivity contribution in [2.75, 3.05) is 24.2 Å². The molecular formula is C27H35Cl2N3O5S. The third kappa shape index (κ3) is 8.25. The number of sulfonamides is 1. The molecule has 38 heavy (non-hydrogen) atoms. The van der Waals surface area contributed by atoms with E-state index in [0.717, 1.165) is 31.9 Å². The monoisotopic (exact) mass is 583 g/mol. The number of hydrogen-bond acceptors (Lipinski definition) is 5. The maximum Gasteiger partial charge on any atom is 0.242 e. The zero-order valence-corrected chi connectivity index (χ0v) is 24.3. The summed E-state index contributed by atoms with van der Waals surface area (Å²) in [6.45, 7) is 1.92. The van der Waals surface area contributed by atoms with Gasteiger partial charge >= 0.3 is 0 Å². The first-order chi connectivity index (χ1) is 18.0. The zero-order chi connectivity index (χ0) is 27.9. The van der Waals surface area contributed by atoms with E-state index in [4.69, 9.17) is 27.9 Å². The van der Waals surface area contributed by atoms with Crippen LogP contribution in [0.4, 0.5) is 5.69 Å². The van der Waals surface area contributed by atoms with E-state index in [2.05, 4.69) is 5.32 Å². The molecule has 2 aromatic carbocycles. The molecule has 0 bridgehead atoms. The van der Waals surface area contributed by atoms with Gasteiger partial charge in [0.15, 0.2) is 0 Å². The molecule has 1 aliphatic rings. The highest BCUT2D eigenvalue weighted by Crippen LogP contribution is 2.26. The van der Waals surface area contributed by atoms with Crippen molar-refractivity contribution in [3.05, 3.63) is 58.1 Å². The van der Waals surface area contributed by atoms with Crippen molar-refractivity contribution in [3.63, 3.8) is 0 Å². The lowest BCUT2D eigenvalue weighted by Gasteiger charge is -2.30. The van der Waals surface area contributed by atoms with E-state index in [1.807, 2.05) is 0 Å². The molecule has 0 heterocycles. The lowest BCUT2D eigenvalue weighted by Crippen LogP contribution is -2.49. The molecule has 3 rings (SSSR count). The first kappa shape index (κ1) is 30.1. The smallest absolute Gasteiger partial charge is 0.242 e. The number of rotatable bonds is 12. The first-order valence-electron chi connectivity index (χ1n) is 12.6. The third-order valence-corrected chi connectivity index (χ3v) is 8.50. The Balaban J connectivity index is 1.75. The predicted molar refractivity (Wildman–Crippen MR) is 151 cm³/mol. The first-order valence-corrected chi connectivity index (χ1v) is 15.3. The van der Waals surface area contributed by atoms with Gasteiger partial charge in [0.1, 0.15) is 11.8 Å². The second kappa shape index (κ2) is 13.5. The molecule has 0 spiro atoms. The molecule has 2 aromatic rings. The van der Waals surface area contributed by atoms with Crippen LogP contribution in [0.5, 0.6) is 5.75 Å². The molecule has 1 saturated carbocycles. The lowest BCUT2D eigenvalue weighted by atomic mass is 10.1. The van der Waals surface area contributed by atoms with Crippen LogP contribution in [0.1, 0.15) is 51.0 Å². The number of carbonyl (C=O) groups excluding carboxylic acids is 2. The fourth-order valence-electron chi connectivity index (χ4n) is 4.58. The fraction of sp³-hybridized carbons (Fsp3) is 0.481. The number of anilines is 1. The van der Waals surface area contributed by atoms with Gasteiger partial charge < -0.3 is 15.0 Å². The van der Waals surface area contributed by atoms with Crippen molar-refractivity contribution < 1.29 is 22.7 Å². The summed E-state index contributed by atoms with van der Waals surface area (Å²) in [4.78, 5) is 28.0. The van der Waals surface area contributed by atoms with Gasteiger partial charge in [-0.1, -0.05) is 48.2 Å². The zero-order valence-electron chi connectivity index (χ0n) is 22.0. The molecule has 1 N–H and O–H groups in total. The standard InChI is InChI=1S/C27H35Cl2N3O5S/c1-19(27(34)30-22-8-4-5-9-22)31(18-20-13-14-21(28)16-25(20)29)26(33)12-7-15-32(38(3,35)36)23-10-6-11-24(17-23)37-2/h6,10-11,13-14,16-17,19,22H,4-5,7-9,12,15,18H2,1-3H3,(H,30,34)/t19-/m1/s1. The third-order valence-electron chi connectivity index (χ3n) is 6.72. The van der Waals surface area contributed by atoms with Crippen molar-refractivity contribution >= 4 is 50.7 Å². The van der Waals surface area contributed by atoms with Gasteiger partial charge in [0, 0.05) is 41.7 Å². The summed E-state index contributed by atoms with van der Waals surface area (Å²) < 4.78 is 31.5. The summed E-state index contributed by atoms with van der Waals surface area (Å²) in [6.07, 6.45) is 5.44. The van der Waals surface area contributed by atoms with E-state index in [1.54, 1.807) is 49.4 Å². The number of benzene rings is 2. The van der Waals surface area contributed by atoms with Crippen LogP contribution in [-0.2, 0) is 26.2 Å². The van der Waals surface area contributed by atoms with E-state index in [9.17, 15) is 18.0 Å². The van der Waals surface area contributed by atoms with Crippen molar-refractivity contribution in [2.45, 2.75) is 64.1 Å². The Morgan fingerprint density at radius 1 is 1.13 bits per heavy atom. The minimum absolute atomic E-state index is 0.0439. The molecule has 208 valence electrons. The van der Waals surface area contributed by atoms with Crippen molar-refractivity contribution in [1.82, 2.24) is 10.2 Å². The maximum atomic E-state index is 13.5. The van der Waals surface area contributed by atoms with E-state index in [-0.39, 0.29) is 43.8 Å². The molecule has 11 heteroatoms. The van der Waals surface area contributed by atoms with Crippen LogP contribution in [0.15, 0.2) is 42.5 Å². The molecule has 0 aliphatic heterocycles. The van der Waals surface area contributed by atoms with Gasteiger partial charge in [-0.15, -0.1) is 0 Å². The van der Waals surface area contributed by atoms with Gasteiger partial charge in [-0.25, -0.2) is 8.42 Å². The Kier molecular flexibility index (Phi) is 10.7. The highest BCUT2D eigenvalue weighted by molar-refractivity contribution is 7.92. The molecule has 2 amide bonds. The fourth-order valence-corrected chi connectivity index (χ4v) is 6.00. The number of ether oxygens (including phenoxy) is 1. The summed E-state index contributed by atoms with van der Waals surface area (Å²) in [5, 5.41) is 3.94. The minimum Gasteiger partial charge on any atom is -0.497 e. The second-order valence-corrected chi connectivity index (χ2v) is 12.3. The van der Waals surface area contributed by atoms with Crippen LogP contribution >= 0.6 is 23.2 Å². The summed E-state index contributed by atoms with van der Waals surface area (Å²) in [5.74, 6) is 0.0361. The number of amides is 2. The Labute approximate surface area is 235 Å². The number of methoxy groups -OCH3 is 1. The molecule has 1 aliphatic carbocycles. The van der Waals surface area contributed by atoms with Gasteiger partial charge in [-0.3, -0.25) is 13.9 Å². The molecule has 0 aromatic heterocycles. The Morgan fingerprint density at radius 2 is 1.84 bits per heavy atom. The molecule has 8 nitrogen and oxygen atoms in total. The van der Waals surface area contributed by atoms with Crippen molar-refractivity contribution in [2.24, 2.45) is 0 Å². The lowest BCUT2D eigenvalue weighted by molar-refractivity contribution is -0.140. The van der Waals surface area contributed by atoms with Crippen LogP contribution in [0, 0.1) is 0 Å². The van der Waals surface area contributed by atoms with Crippen LogP contribution in [0.2, 0.25) is 10.0 Å². The number of nitrogens with one attached hydrogen (secondary N) is 1. The van der Waals surface area contributed by atoms with Crippen LogP contribution in [-0.4, -0.2) is 57.1 Å². The van der Waals surface area contributed by atoms with E-state index in [1.165, 1.54) is 16.3 Å². The van der Waals surface area contributed by atoms with Gasteiger partial charge in [-0.2, -0.15) is 0 Å². The summed E-state index contributed by atoms with van der Waals surface area (Å²) in [5.41, 5.74) is 1.12. The molecule has 0 saturated heterocycles. The van der Waals surface area contributed by atoms with Crippen molar-refractivity contribution in [3.8, 4) is 5.75 Å². The average molecular weight is 585 g/mol. The van der Waals surface area contributed by atoms with Crippen LogP contribution < -0.4 is 14.4 Å². The summed E-state index contributed by atoms with van der Waals surface area (Å²) >= 11 is 12.4. The van der Waals surface area contributed by atoms with E-state index in [0.29, 0.717) is 27.0 Å². The highest BCUT2D eigenvalue weighted by Gasteiger charge is 2.29. The normalized spacial score (nSPS) is 14.7. The molecule has 1 fully saturated rings. The number of nitrogens with zero attached hydrogens (tertiary/aromatic N) is 2. The largest absolute Gasteiger partial charge is 0.497 e. The van der Waals surface area contributed by atoms with E-state index < -0.39 is 16.1 Å². The quantitative estimate of drug-likeness (QED) is 0.378. The summed E-state index contributed by atoms with van der Waals surface area (Å²) in [6, 6.07) is 11.1. The van der Waals surface area contributed by atoms with Gasteiger partial charge in [0.05, 0.1) is 19.1 Å². The van der Waals surface area contributed by atoms with Gasteiger partial charge in [0.25, 0.3) is 0 Å². The second-order valence-electron chi connectivity index (χ2n) is 9.56. The van der Waals surface area contributed by atoms with Gasteiger partial charge in [0.2, 0.25) is 21.8 Å². The Bertz CT molecular complexity index is 1230. The highest BCUT2D eigenvalue weighted by atomic mass is 35.5. The van der Waals surface area contributed by atoms with Gasteiger partial charge in [-0.05, 0) is 56.0 Å². The molecule has 0 radical (unpaired) electrons. The van der Waals surface area contributed by atoms with Crippen molar-refractivity contribution in [1.29, 1.82) is 0 Å².